The predicted molar refractivity (Wildman–Crippen MR) is 106 cm³/mol. The van der Waals surface area contributed by atoms with Crippen LogP contribution in [0.5, 0.6) is 11.5 Å². The highest BCUT2D eigenvalue weighted by atomic mass is 35.5. The van der Waals surface area contributed by atoms with Crippen LogP contribution in [0, 0.1) is 5.41 Å². The highest BCUT2D eigenvalue weighted by molar-refractivity contribution is 6.30. The van der Waals surface area contributed by atoms with Crippen molar-refractivity contribution < 1.29 is 19.7 Å². The van der Waals surface area contributed by atoms with Crippen molar-refractivity contribution in [1.82, 2.24) is 4.57 Å². The van der Waals surface area contributed by atoms with Crippen LogP contribution in [0.4, 0.5) is 0 Å². The second-order valence-electron chi connectivity index (χ2n) is 7.26. The van der Waals surface area contributed by atoms with Gasteiger partial charge in [0.2, 0.25) is 0 Å². The van der Waals surface area contributed by atoms with E-state index in [9.17, 15) is 15.0 Å². The molecule has 3 aromatic rings. The number of phenolic OH excluding ortho intramolecular Hbond substituents is 1. The van der Waals surface area contributed by atoms with E-state index in [1.807, 2.05) is 34.9 Å². The molecule has 0 saturated carbocycles. The number of phenols is 1. The summed E-state index contributed by atoms with van der Waals surface area (Å²) in [5.74, 6) is -0.159. The number of rotatable bonds is 6. The monoisotopic (exact) mass is 387 g/mol. The van der Waals surface area contributed by atoms with Gasteiger partial charge >= 0.3 is 5.97 Å². The Morgan fingerprint density at radius 3 is 2.44 bits per heavy atom. The number of methoxy groups -OCH3 is 1. The third-order valence-electron chi connectivity index (χ3n) is 4.75. The average Bonchev–Trinajstić information content (AvgIpc) is 2.88. The minimum Gasteiger partial charge on any atom is -0.508 e. The fourth-order valence-electron chi connectivity index (χ4n) is 3.22. The minimum absolute atomic E-state index is 0.133. The maximum absolute atomic E-state index is 11.7. The van der Waals surface area contributed by atoms with Gasteiger partial charge in [0.25, 0.3) is 0 Å². The number of aliphatic carboxylic acids is 1. The normalized spacial score (nSPS) is 11.7. The van der Waals surface area contributed by atoms with Gasteiger partial charge in [0.05, 0.1) is 23.7 Å². The molecule has 142 valence electrons. The smallest absolute Gasteiger partial charge is 0.309 e. The predicted octanol–water partition coefficient (Wildman–Crippen LogP) is 4.71. The number of aromatic hydroxyl groups is 1. The van der Waals surface area contributed by atoms with Crippen molar-refractivity contribution in [2.24, 2.45) is 5.41 Å². The lowest BCUT2D eigenvalue weighted by Gasteiger charge is -2.21. The number of fused-ring (bicyclic) bond motifs is 1. The van der Waals surface area contributed by atoms with E-state index in [0.717, 1.165) is 22.2 Å². The standard InChI is InChI=1S/C21H22ClNO4/c1-21(2,20(25)26)11-18-19(27-3)16-10-15(24)8-9-17(16)23(18)12-13-4-6-14(22)7-5-13/h4-10,24H,11-12H2,1-3H3,(H,25,26). The van der Waals surface area contributed by atoms with E-state index in [-0.39, 0.29) is 12.2 Å². The van der Waals surface area contributed by atoms with Crippen molar-refractivity contribution in [3.63, 3.8) is 0 Å². The summed E-state index contributed by atoms with van der Waals surface area (Å²) in [6.45, 7) is 3.92. The van der Waals surface area contributed by atoms with Crippen molar-refractivity contribution in [3.05, 3.63) is 58.7 Å². The molecule has 0 spiro atoms. The molecule has 0 aliphatic heterocycles. The lowest BCUT2D eigenvalue weighted by atomic mass is 9.87. The van der Waals surface area contributed by atoms with Crippen LogP contribution in [0.3, 0.4) is 0 Å². The molecule has 6 heteroatoms. The highest BCUT2D eigenvalue weighted by Gasteiger charge is 2.32. The lowest BCUT2D eigenvalue weighted by Crippen LogP contribution is -2.27. The number of carbonyl (C=O) groups is 1. The van der Waals surface area contributed by atoms with Gasteiger partial charge in [-0.15, -0.1) is 0 Å². The van der Waals surface area contributed by atoms with Gasteiger partial charge in [0.15, 0.2) is 0 Å². The molecular formula is C21H22ClNO4. The fraction of sp³-hybridized carbons (Fsp3) is 0.286. The van der Waals surface area contributed by atoms with Crippen LogP contribution >= 0.6 is 11.6 Å². The second-order valence-corrected chi connectivity index (χ2v) is 7.70. The summed E-state index contributed by atoms with van der Waals surface area (Å²) in [7, 11) is 1.56. The van der Waals surface area contributed by atoms with Crippen LogP contribution in [0.25, 0.3) is 10.9 Å². The summed E-state index contributed by atoms with van der Waals surface area (Å²) in [6.07, 6.45) is 0.286. The van der Waals surface area contributed by atoms with Crippen molar-refractivity contribution in [3.8, 4) is 11.5 Å². The Hall–Kier alpha value is -2.66. The molecule has 1 aromatic heterocycles. The molecule has 0 bridgehead atoms. The Bertz CT molecular complexity index is 990. The van der Waals surface area contributed by atoms with E-state index in [0.29, 0.717) is 17.3 Å². The molecule has 0 aliphatic carbocycles. The number of carboxylic acid groups (broad SMARTS) is 1. The molecule has 3 rings (SSSR count). The number of ether oxygens (including phenoxy) is 1. The van der Waals surface area contributed by atoms with Crippen LogP contribution < -0.4 is 4.74 Å². The van der Waals surface area contributed by atoms with Gasteiger partial charge in [-0.05, 0) is 49.7 Å². The molecular weight excluding hydrogens is 366 g/mol. The molecule has 0 aliphatic rings. The maximum Gasteiger partial charge on any atom is 0.309 e. The van der Waals surface area contributed by atoms with Crippen LogP contribution in [0.15, 0.2) is 42.5 Å². The number of benzene rings is 2. The summed E-state index contributed by atoms with van der Waals surface area (Å²) in [5, 5.41) is 20.9. The van der Waals surface area contributed by atoms with Crippen LogP contribution in [0.2, 0.25) is 5.02 Å². The molecule has 0 atom stereocenters. The molecule has 0 fully saturated rings. The molecule has 2 N–H and O–H groups in total. The average molecular weight is 388 g/mol. The van der Waals surface area contributed by atoms with Gasteiger partial charge in [-0.25, -0.2) is 0 Å². The molecule has 0 radical (unpaired) electrons. The second kappa shape index (κ2) is 7.16. The number of hydrogen-bond acceptors (Lipinski definition) is 3. The number of carboxylic acids is 1. The number of halogens is 1. The lowest BCUT2D eigenvalue weighted by molar-refractivity contribution is -0.146. The zero-order valence-corrected chi connectivity index (χ0v) is 16.2. The fourth-order valence-corrected chi connectivity index (χ4v) is 3.34. The molecule has 27 heavy (non-hydrogen) atoms. The molecule has 0 amide bonds. The van der Waals surface area contributed by atoms with Gasteiger partial charge in [0.1, 0.15) is 11.5 Å². The summed E-state index contributed by atoms with van der Waals surface area (Å²) < 4.78 is 7.67. The largest absolute Gasteiger partial charge is 0.508 e. The van der Waals surface area contributed by atoms with Crippen molar-refractivity contribution >= 4 is 28.5 Å². The number of hydrogen-bond donors (Lipinski definition) is 2. The third kappa shape index (κ3) is 3.74. The summed E-state index contributed by atoms with van der Waals surface area (Å²) >= 11 is 5.99. The topological polar surface area (TPSA) is 71.7 Å². The maximum atomic E-state index is 11.7. The molecule has 1 heterocycles. The highest BCUT2D eigenvalue weighted by Crippen LogP contribution is 2.39. The van der Waals surface area contributed by atoms with Gasteiger partial charge in [0, 0.05) is 23.4 Å². The van der Waals surface area contributed by atoms with Crippen molar-refractivity contribution in [2.45, 2.75) is 26.8 Å². The van der Waals surface area contributed by atoms with E-state index in [4.69, 9.17) is 16.3 Å². The number of aromatic nitrogens is 1. The minimum atomic E-state index is -0.971. The van der Waals surface area contributed by atoms with E-state index in [1.165, 1.54) is 0 Å². The van der Waals surface area contributed by atoms with Crippen molar-refractivity contribution in [2.75, 3.05) is 7.11 Å². The van der Waals surface area contributed by atoms with Crippen molar-refractivity contribution in [1.29, 1.82) is 0 Å². The molecule has 5 nitrogen and oxygen atoms in total. The summed E-state index contributed by atoms with van der Waals surface area (Å²) in [6, 6.07) is 12.6. The van der Waals surface area contributed by atoms with Crippen LogP contribution in [0.1, 0.15) is 25.1 Å². The van der Waals surface area contributed by atoms with Gasteiger partial charge in [-0.3, -0.25) is 4.79 Å². The van der Waals surface area contributed by atoms with Gasteiger partial charge < -0.3 is 19.5 Å². The number of nitrogens with zero attached hydrogens (tertiary/aromatic N) is 1. The first-order valence-electron chi connectivity index (χ1n) is 8.59. The zero-order chi connectivity index (χ0) is 19.8. The van der Waals surface area contributed by atoms with Crippen LogP contribution in [-0.4, -0.2) is 27.9 Å². The molecule has 0 unspecified atom stereocenters. The SMILES string of the molecule is COc1c(CC(C)(C)C(=O)O)n(Cc2ccc(Cl)cc2)c2ccc(O)cc12. The van der Waals surface area contributed by atoms with E-state index < -0.39 is 11.4 Å². The molecule has 2 aromatic carbocycles. The Morgan fingerprint density at radius 2 is 1.85 bits per heavy atom. The Kier molecular flexibility index (Phi) is 5.07. The van der Waals surface area contributed by atoms with E-state index in [1.54, 1.807) is 33.1 Å². The third-order valence-corrected chi connectivity index (χ3v) is 5.00. The Labute approximate surface area is 162 Å². The first kappa shape index (κ1) is 19.1. The quantitative estimate of drug-likeness (QED) is 0.642. The van der Waals surface area contributed by atoms with Gasteiger partial charge in [-0.1, -0.05) is 23.7 Å². The zero-order valence-electron chi connectivity index (χ0n) is 15.5. The summed E-state index contributed by atoms with van der Waals surface area (Å²) in [5.41, 5.74) is 1.71. The first-order valence-corrected chi connectivity index (χ1v) is 8.96. The molecule has 0 saturated heterocycles. The van der Waals surface area contributed by atoms with Crippen LogP contribution in [-0.2, 0) is 17.8 Å². The Balaban J connectivity index is 2.20. The first-order chi connectivity index (χ1) is 12.7. The Morgan fingerprint density at radius 1 is 1.19 bits per heavy atom. The van der Waals surface area contributed by atoms with E-state index in [2.05, 4.69) is 0 Å². The van der Waals surface area contributed by atoms with E-state index >= 15 is 0 Å². The van der Waals surface area contributed by atoms with Gasteiger partial charge in [-0.2, -0.15) is 0 Å². The summed E-state index contributed by atoms with van der Waals surface area (Å²) in [4.78, 5) is 11.7.